The fraction of sp³-hybridized carbons (Fsp3) is 0.429. The van der Waals surface area contributed by atoms with Gasteiger partial charge in [-0.2, -0.15) is 0 Å². The first-order valence-electron chi connectivity index (χ1n) is 9.01. The summed E-state index contributed by atoms with van der Waals surface area (Å²) in [6.07, 6.45) is 4.88. The molecule has 0 fully saturated rings. The second-order valence-corrected chi connectivity index (χ2v) is 5.80. The first-order valence-corrected chi connectivity index (χ1v) is 9.01. The number of ether oxygens (including phenoxy) is 2. The highest BCUT2D eigenvalue weighted by Gasteiger charge is 2.06. The average molecular weight is 327 g/mol. The lowest BCUT2D eigenvalue weighted by molar-refractivity contribution is 0.302. The second-order valence-electron chi connectivity index (χ2n) is 5.80. The van der Waals surface area contributed by atoms with E-state index in [1.165, 1.54) is 24.8 Å². The van der Waals surface area contributed by atoms with Crippen molar-refractivity contribution in [2.75, 3.05) is 18.5 Å². The molecule has 2 aromatic carbocycles. The quantitative estimate of drug-likeness (QED) is 0.540. The normalized spacial score (nSPS) is 10.4. The molecular weight excluding hydrogens is 298 g/mol. The van der Waals surface area contributed by atoms with Crippen molar-refractivity contribution in [1.82, 2.24) is 0 Å². The van der Waals surface area contributed by atoms with Gasteiger partial charge in [-0.1, -0.05) is 56.5 Å². The van der Waals surface area contributed by atoms with Gasteiger partial charge in [0.25, 0.3) is 0 Å². The number of rotatable bonds is 11. The first-order chi connectivity index (χ1) is 11.8. The molecule has 0 bridgehead atoms. The Hall–Kier alpha value is -2.16. The van der Waals surface area contributed by atoms with Crippen LogP contribution < -0.4 is 14.8 Å². The second kappa shape index (κ2) is 10.6. The Balaban J connectivity index is 1.93. The van der Waals surface area contributed by atoms with Crippen LogP contribution in [0.2, 0.25) is 0 Å². The Morgan fingerprint density at radius 3 is 2.33 bits per heavy atom. The molecule has 3 nitrogen and oxygen atoms in total. The molecule has 2 aromatic rings. The van der Waals surface area contributed by atoms with E-state index in [0.717, 1.165) is 36.8 Å². The summed E-state index contributed by atoms with van der Waals surface area (Å²) in [4.78, 5) is 0. The molecule has 0 aliphatic heterocycles. The van der Waals surface area contributed by atoms with Crippen LogP contribution in [0.1, 0.15) is 45.1 Å². The zero-order valence-corrected chi connectivity index (χ0v) is 14.9. The van der Waals surface area contributed by atoms with E-state index >= 15 is 0 Å². The van der Waals surface area contributed by atoms with Crippen LogP contribution in [-0.2, 0) is 6.54 Å². The molecule has 130 valence electrons. The SMILES string of the molecule is CCCCCCOc1ccccc1CNc1ccccc1OCC. The van der Waals surface area contributed by atoms with Gasteiger partial charge in [0.15, 0.2) is 0 Å². The molecule has 24 heavy (non-hydrogen) atoms. The Kier molecular flexibility index (Phi) is 8.02. The zero-order valence-electron chi connectivity index (χ0n) is 14.9. The first kappa shape index (κ1) is 18.2. The Morgan fingerprint density at radius 1 is 0.792 bits per heavy atom. The van der Waals surface area contributed by atoms with Gasteiger partial charge in [0.2, 0.25) is 0 Å². The standard InChI is InChI=1S/C21H29NO2/c1-3-5-6-11-16-24-20-14-9-7-12-18(20)17-22-19-13-8-10-15-21(19)23-4-2/h7-10,12-15,22H,3-6,11,16-17H2,1-2H3. The number of benzene rings is 2. The van der Waals surface area contributed by atoms with Crippen molar-refractivity contribution in [3.05, 3.63) is 54.1 Å². The van der Waals surface area contributed by atoms with Crippen LogP contribution in [0.15, 0.2) is 48.5 Å². The predicted octanol–water partition coefficient (Wildman–Crippen LogP) is 5.66. The van der Waals surface area contributed by atoms with Crippen molar-refractivity contribution >= 4 is 5.69 Å². The van der Waals surface area contributed by atoms with E-state index in [4.69, 9.17) is 9.47 Å². The highest BCUT2D eigenvalue weighted by molar-refractivity contribution is 5.56. The van der Waals surface area contributed by atoms with Gasteiger partial charge in [0.05, 0.1) is 18.9 Å². The van der Waals surface area contributed by atoms with Crippen molar-refractivity contribution in [3.63, 3.8) is 0 Å². The van der Waals surface area contributed by atoms with Crippen molar-refractivity contribution in [3.8, 4) is 11.5 Å². The van der Waals surface area contributed by atoms with Gasteiger partial charge in [0.1, 0.15) is 11.5 Å². The molecular formula is C21H29NO2. The zero-order chi connectivity index (χ0) is 17.0. The monoisotopic (exact) mass is 327 g/mol. The molecule has 0 saturated heterocycles. The Morgan fingerprint density at radius 2 is 1.54 bits per heavy atom. The molecule has 2 rings (SSSR count). The molecule has 0 aliphatic carbocycles. The fourth-order valence-corrected chi connectivity index (χ4v) is 2.59. The van der Waals surface area contributed by atoms with Crippen molar-refractivity contribution in [2.45, 2.75) is 46.1 Å². The van der Waals surface area contributed by atoms with Gasteiger partial charge < -0.3 is 14.8 Å². The van der Waals surface area contributed by atoms with Gasteiger partial charge in [-0.05, 0) is 31.5 Å². The average Bonchev–Trinajstić information content (AvgIpc) is 2.62. The van der Waals surface area contributed by atoms with E-state index in [0.29, 0.717) is 6.61 Å². The summed E-state index contributed by atoms with van der Waals surface area (Å²) in [5.41, 5.74) is 2.18. The summed E-state index contributed by atoms with van der Waals surface area (Å²) in [6.45, 7) is 6.39. The maximum atomic E-state index is 5.98. The van der Waals surface area contributed by atoms with Crippen LogP contribution in [0.5, 0.6) is 11.5 Å². The van der Waals surface area contributed by atoms with E-state index < -0.39 is 0 Å². The van der Waals surface area contributed by atoms with Crippen LogP contribution in [0, 0.1) is 0 Å². The fourth-order valence-electron chi connectivity index (χ4n) is 2.59. The molecule has 0 unspecified atom stereocenters. The molecule has 3 heteroatoms. The van der Waals surface area contributed by atoms with Crippen LogP contribution in [0.3, 0.4) is 0 Å². The van der Waals surface area contributed by atoms with Crippen molar-refractivity contribution in [2.24, 2.45) is 0 Å². The molecule has 0 amide bonds. The number of unbranched alkanes of at least 4 members (excludes halogenated alkanes) is 3. The summed E-state index contributed by atoms with van der Waals surface area (Å²) in [6, 6.07) is 16.3. The Labute approximate surface area is 146 Å². The van der Waals surface area contributed by atoms with E-state index in [2.05, 4.69) is 24.4 Å². The van der Waals surface area contributed by atoms with Crippen LogP contribution in [0.25, 0.3) is 0 Å². The lowest BCUT2D eigenvalue weighted by Crippen LogP contribution is -2.05. The van der Waals surface area contributed by atoms with Gasteiger partial charge in [-0.25, -0.2) is 0 Å². The van der Waals surface area contributed by atoms with Gasteiger partial charge in [0, 0.05) is 12.1 Å². The topological polar surface area (TPSA) is 30.5 Å². The van der Waals surface area contributed by atoms with Crippen molar-refractivity contribution in [1.29, 1.82) is 0 Å². The molecule has 1 N–H and O–H groups in total. The summed E-state index contributed by atoms with van der Waals surface area (Å²) < 4.78 is 11.6. The Bertz CT molecular complexity index is 598. The van der Waals surface area contributed by atoms with Crippen molar-refractivity contribution < 1.29 is 9.47 Å². The molecule has 0 saturated carbocycles. The molecule has 0 atom stereocenters. The number of hydrogen-bond acceptors (Lipinski definition) is 3. The van der Waals surface area contributed by atoms with E-state index in [9.17, 15) is 0 Å². The lowest BCUT2D eigenvalue weighted by atomic mass is 10.2. The third-order valence-corrected chi connectivity index (χ3v) is 3.88. The summed E-state index contributed by atoms with van der Waals surface area (Å²) >= 11 is 0. The third-order valence-electron chi connectivity index (χ3n) is 3.88. The largest absolute Gasteiger partial charge is 0.493 e. The van der Waals surface area contributed by atoms with Gasteiger partial charge in [-0.3, -0.25) is 0 Å². The van der Waals surface area contributed by atoms with Crippen LogP contribution >= 0.6 is 0 Å². The summed E-state index contributed by atoms with van der Waals surface area (Å²) in [7, 11) is 0. The molecule has 0 spiro atoms. The maximum absolute atomic E-state index is 5.98. The van der Waals surface area contributed by atoms with Gasteiger partial charge >= 0.3 is 0 Å². The smallest absolute Gasteiger partial charge is 0.142 e. The minimum atomic E-state index is 0.663. The summed E-state index contributed by atoms with van der Waals surface area (Å²) in [5.74, 6) is 1.85. The highest BCUT2D eigenvalue weighted by Crippen LogP contribution is 2.26. The molecule has 0 heterocycles. The van der Waals surface area contributed by atoms with Gasteiger partial charge in [-0.15, -0.1) is 0 Å². The highest BCUT2D eigenvalue weighted by atomic mass is 16.5. The van der Waals surface area contributed by atoms with E-state index in [-0.39, 0.29) is 0 Å². The van der Waals surface area contributed by atoms with E-state index in [1.807, 2.05) is 43.3 Å². The predicted molar refractivity (Wildman–Crippen MR) is 101 cm³/mol. The number of nitrogens with one attached hydrogen (secondary N) is 1. The number of para-hydroxylation sites is 3. The lowest BCUT2D eigenvalue weighted by Gasteiger charge is -2.15. The minimum absolute atomic E-state index is 0.663. The molecule has 0 aromatic heterocycles. The third kappa shape index (κ3) is 5.80. The van der Waals surface area contributed by atoms with E-state index in [1.54, 1.807) is 0 Å². The minimum Gasteiger partial charge on any atom is -0.493 e. The maximum Gasteiger partial charge on any atom is 0.142 e. The number of anilines is 1. The molecule has 0 aliphatic rings. The van der Waals surface area contributed by atoms with Crippen LogP contribution in [0.4, 0.5) is 5.69 Å². The number of hydrogen-bond donors (Lipinski definition) is 1. The van der Waals surface area contributed by atoms with Crippen LogP contribution in [-0.4, -0.2) is 13.2 Å². The molecule has 0 radical (unpaired) electrons. The summed E-state index contributed by atoms with van der Waals surface area (Å²) in [5, 5.41) is 3.46.